The maximum Gasteiger partial charge on any atom is 0.407 e. The Hall–Kier alpha value is -0.500. The summed E-state index contributed by atoms with van der Waals surface area (Å²) in [5.74, 6) is 0. The number of likely N-dealkylation sites (tertiary alicyclic amines) is 1. The number of aliphatic hydroxyl groups excluding tert-OH is 1. The predicted molar refractivity (Wildman–Crippen MR) is 81.3 cm³/mol. The zero-order chi connectivity index (χ0) is 15.8. The Bertz CT molecular complexity index is 391. The average Bonchev–Trinajstić information content (AvgIpc) is 2.64. The van der Waals surface area contributed by atoms with Gasteiger partial charge in [-0.2, -0.15) is 0 Å². The van der Waals surface area contributed by atoms with Crippen molar-refractivity contribution in [2.45, 2.75) is 63.3 Å². The number of nitrogens with one attached hydrogen (secondary N) is 1. The van der Waals surface area contributed by atoms with Gasteiger partial charge < -0.3 is 19.7 Å². The van der Waals surface area contributed by atoms with Crippen LogP contribution in [0.5, 0.6) is 0 Å². The topological polar surface area (TPSA) is 95.9 Å². The van der Waals surface area contributed by atoms with Crippen LogP contribution in [0.25, 0.3) is 0 Å². The normalized spacial score (nSPS) is 30.6. The summed E-state index contributed by atoms with van der Waals surface area (Å²) in [6, 6.07) is -0.0106. The largest absolute Gasteiger partial charge is 0.598 e. The van der Waals surface area contributed by atoms with Crippen molar-refractivity contribution in [2.24, 2.45) is 5.41 Å². The molecule has 2 aliphatic rings. The first-order chi connectivity index (χ1) is 9.64. The average molecular weight is 318 g/mol. The second kappa shape index (κ2) is 5.95. The summed E-state index contributed by atoms with van der Waals surface area (Å²) in [7, 11) is 0. The molecule has 2 unspecified atom stereocenters. The minimum atomic E-state index is -1.18. The van der Waals surface area contributed by atoms with Crippen LogP contribution in [0.2, 0.25) is 0 Å². The first kappa shape index (κ1) is 16.9. The van der Waals surface area contributed by atoms with Gasteiger partial charge in [0.05, 0.1) is 12.1 Å². The summed E-state index contributed by atoms with van der Waals surface area (Å²) < 4.78 is 15.2. The minimum Gasteiger partial charge on any atom is -0.598 e. The van der Waals surface area contributed by atoms with Crippen molar-refractivity contribution in [3.63, 3.8) is 0 Å². The molecule has 1 saturated carbocycles. The number of nitrogens with zero attached hydrogens (tertiary/aromatic N) is 1. The number of piperidine rings is 1. The predicted octanol–water partition coefficient (Wildman–Crippen LogP) is 1.32. The maximum absolute atomic E-state index is 12.3. The highest BCUT2D eigenvalue weighted by atomic mass is 32.2. The van der Waals surface area contributed by atoms with Crippen LogP contribution in [0, 0.1) is 5.41 Å². The van der Waals surface area contributed by atoms with Crippen LogP contribution in [0.4, 0.5) is 4.79 Å². The second-order valence-corrected chi connectivity index (χ2v) is 9.28. The van der Waals surface area contributed by atoms with E-state index < -0.39 is 23.6 Å². The molecule has 1 spiro atoms. The van der Waals surface area contributed by atoms with Crippen molar-refractivity contribution in [2.75, 3.05) is 13.1 Å². The quantitative estimate of drug-likeness (QED) is 0.667. The molecular weight excluding hydrogens is 292 g/mol. The molecule has 1 aliphatic carbocycles. The van der Waals surface area contributed by atoms with Gasteiger partial charge in [0.15, 0.2) is 0 Å². The number of hydrogen-bond donors (Lipinski definition) is 3. The molecule has 7 heteroatoms. The fraction of sp³-hybridized carbons (Fsp3) is 0.929. The first-order valence-electron chi connectivity index (χ1n) is 7.48. The van der Waals surface area contributed by atoms with Crippen LogP contribution < -0.4 is 4.72 Å². The smallest absolute Gasteiger partial charge is 0.407 e. The summed E-state index contributed by atoms with van der Waals surface area (Å²) in [6.07, 6.45) is 1.42. The minimum absolute atomic E-state index is 0.0106. The van der Waals surface area contributed by atoms with E-state index in [1.807, 2.05) is 20.8 Å². The van der Waals surface area contributed by atoms with Gasteiger partial charge >= 0.3 is 6.09 Å². The zero-order valence-corrected chi connectivity index (χ0v) is 13.8. The Kier molecular flexibility index (Phi) is 4.78. The van der Waals surface area contributed by atoms with Crippen molar-refractivity contribution in [3.05, 3.63) is 0 Å². The molecule has 1 amide bonds. The Balaban J connectivity index is 2.05. The van der Waals surface area contributed by atoms with Gasteiger partial charge in [-0.25, -0.2) is 4.79 Å². The van der Waals surface area contributed by atoms with Crippen LogP contribution in [0.1, 0.15) is 46.5 Å². The lowest BCUT2D eigenvalue weighted by atomic mass is 9.74. The molecule has 0 bridgehead atoms. The molecule has 0 aromatic rings. The number of aliphatic hydroxyl groups is 1. The van der Waals surface area contributed by atoms with Gasteiger partial charge in [-0.05, 0) is 51.9 Å². The molecule has 3 N–H and O–H groups in total. The lowest BCUT2D eigenvalue weighted by Crippen LogP contribution is -2.53. The Morgan fingerprint density at radius 3 is 2.43 bits per heavy atom. The van der Waals surface area contributed by atoms with Gasteiger partial charge in [0.25, 0.3) is 0 Å². The summed E-state index contributed by atoms with van der Waals surface area (Å²) in [5, 5.41) is 19.1. The molecule has 0 aromatic heterocycles. The number of carbonyl (C=O) groups is 1. The third-order valence-corrected chi connectivity index (χ3v) is 6.34. The Labute approximate surface area is 129 Å². The summed E-state index contributed by atoms with van der Waals surface area (Å²) in [4.78, 5) is 12.4. The molecule has 122 valence electrons. The van der Waals surface area contributed by atoms with E-state index in [1.165, 1.54) is 4.90 Å². The van der Waals surface area contributed by atoms with E-state index in [0.29, 0.717) is 25.9 Å². The van der Waals surface area contributed by atoms with E-state index in [1.54, 1.807) is 0 Å². The van der Waals surface area contributed by atoms with Crippen LogP contribution in [0.15, 0.2) is 0 Å². The number of rotatable bonds is 2. The van der Waals surface area contributed by atoms with E-state index in [4.69, 9.17) is 5.11 Å². The molecule has 2 fully saturated rings. The highest BCUT2D eigenvalue weighted by molar-refractivity contribution is 7.90. The summed E-state index contributed by atoms with van der Waals surface area (Å²) >= 11 is -1.18. The van der Waals surface area contributed by atoms with Gasteiger partial charge in [-0.3, -0.25) is 0 Å². The third kappa shape index (κ3) is 3.64. The molecule has 21 heavy (non-hydrogen) atoms. The van der Waals surface area contributed by atoms with Gasteiger partial charge in [-0.15, -0.1) is 4.72 Å². The highest BCUT2D eigenvalue weighted by Gasteiger charge is 2.51. The van der Waals surface area contributed by atoms with E-state index in [0.717, 1.165) is 12.8 Å². The van der Waals surface area contributed by atoms with Crippen LogP contribution in [-0.4, -0.2) is 55.7 Å². The number of carboxylic acid groups (broad SMARTS) is 1. The summed E-state index contributed by atoms with van der Waals surface area (Å²) in [6.45, 7) is 6.73. The SMILES string of the molecule is CC(C)(C)[S@@+]([O-])NC1CC(O)CC12CCN(C(=O)O)CC2. The van der Waals surface area contributed by atoms with Gasteiger partial charge in [0.1, 0.15) is 4.75 Å². The van der Waals surface area contributed by atoms with Gasteiger partial charge in [0.2, 0.25) is 0 Å². The standard InChI is InChI=1S/C14H26N2O4S/c1-13(2,3)21(20)15-11-8-10(17)9-14(11)4-6-16(7-5-14)12(18)19/h10-11,15,17H,4-9H2,1-3H3,(H,18,19)/t10?,11?,21-/m1/s1. The number of amides is 1. The van der Waals surface area contributed by atoms with E-state index in [2.05, 4.69) is 4.72 Å². The Morgan fingerprint density at radius 2 is 1.95 bits per heavy atom. The van der Waals surface area contributed by atoms with Crippen molar-refractivity contribution < 1.29 is 19.6 Å². The van der Waals surface area contributed by atoms with Crippen molar-refractivity contribution in [1.29, 1.82) is 0 Å². The number of hydrogen-bond acceptors (Lipinski definition) is 4. The van der Waals surface area contributed by atoms with Gasteiger partial charge in [0, 0.05) is 24.5 Å². The monoisotopic (exact) mass is 318 g/mol. The van der Waals surface area contributed by atoms with Crippen molar-refractivity contribution in [3.8, 4) is 0 Å². The zero-order valence-electron chi connectivity index (χ0n) is 13.0. The fourth-order valence-corrected chi connectivity index (χ4v) is 4.35. The van der Waals surface area contributed by atoms with Crippen molar-refractivity contribution in [1.82, 2.24) is 9.62 Å². The highest BCUT2D eigenvalue weighted by Crippen LogP contribution is 2.47. The van der Waals surface area contributed by atoms with Crippen LogP contribution in [0.3, 0.4) is 0 Å². The van der Waals surface area contributed by atoms with E-state index >= 15 is 0 Å². The van der Waals surface area contributed by atoms with Crippen LogP contribution in [-0.2, 0) is 11.4 Å². The molecule has 1 heterocycles. The second-order valence-electron chi connectivity index (χ2n) is 7.28. The van der Waals surface area contributed by atoms with E-state index in [9.17, 15) is 14.5 Å². The third-order valence-electron chi connectivity index (χ3n) is 4.72. The summed E-state index contributed by atoms with van der Waals surface area (Å²) in [5.41, 5.74) is -0.133. The molecule has 1 saturated heterocycles. The molecule has 6 nitrogen and oxygen atoms in total. The molecule has 2 rings (SSSR count). The van der Waals surface area contributed by atoms with E-state index in [-0.39, 0.29) is 16.2 Å². The molecule has 0 aromatic carbocycles. The molecule has 0 radical (unpaired) electrons. The molecule has 3 atom stereocenters. The molecule has 1 aliphatic heterocycles. The van der Waals surface area contributed by atoms with Gasteiger partial charge in [-0.1, -0.05) is 0 Å². The molecular formula is C14H26N2O4S. The Morgan fingerprint density at radius 1 is 1.38 bits per heavy atom. The lowest BCUT2D eigenvalue weighted by Gasteiger charge is -2.42. The first-order valence-corrected chi connectivity index (χ1v) is 8.63. The van der Waals surface area contributed by atoms with Crippen molar-refractivity contribution >= 4 is 17.5 Å². The maximum atomic E-state index is 12.3. The van der Waals surface area contributed by atoms with Crippen LogP contribution >= 0.6 is 0 Å². The lowest BCUT2D eigenvalue weighted by molar-refractivity contribution is 0.0720. The fourth-order valence-electron chi connectivity index (χ4n) is 3.39.